The molecule has 0 atom stereocenters. The zero-order valence-electron chi connectivity index (χ0n) is 14.0. The molecule has 0 aliphatic carbocycles. The van der Waals surface area contributed by atoms with Crippen LogP contribution in [0.25, 0.3) is 0 Å². The number of ether oxygens (including phenoxy) is 3. The van der Waals surface area contributed by atoms with Gasteiger partial charge in [-0.15, -0.1) is 0 Å². The predicted octanol–water partition coefficient (Wildman–Crippen LogP) is 4.11. The van der Waals surface area contributed by atoms with Crippen LogP contribution in [0.5, 0.6) is 0 Å². The molecular weight excluding hydrogens is 268 g/mol. The number of esters is 1. The monoisotopic (exact) mass is 302 g/mol. The largest absolute Gasteiger partial charge is 0.466 e. The first-order valence-corrected chi connectivity index (χ1v) is 8.62. The fraction of sp³-hybridized carbons (Fsp3) is 0.941. The highest BCUT2D eigenvalue weighted by atomic mass is 16.5. The van der Waals surface area contributed by atoms with Gasteiger partial charge in [-0.2, -0.15) is 0 Å². The Hall–Kier alpha value is -0.610. The van der Waals surface area contributed by atoms with Gasteiger partial charge < -0.3 is 14.2 Å². The quantitative estimate of drug-likeness (QED) is 0.733. The summed E-state index contributed by atoms with van der Waals surface area (Å²) in [5.74, 6) is -0.0700. The number of carbonyl (C=O) groups is 1. The second kappa shape index (κ2) is 17.4. The first-order valence-electron chi connectivity index (χ1n) is 8.62. The van der Waals surface area contributed by atoms with Crippen molar-refractivity contribution in [2.45, 2.75) is 71.6 Å². The summed E-state index contributed by atoms with van der Waals surface area (Å²) in [6, 6.07) is 0. The lowest BCUT2D eigenvalue weighted by Gasteiger charge is -2.08. The Morgan fingerprint density at radius 2 is 1.33 bits per heavy atom. The molecule has 0 bridgehead atoms. The van der Waals surface area contributed by atoms with Crippen molar-refractivity contribution in [3.05, 3.63) is 0 Å². The molecule has 0 amide bonds. The zero-order valence-corrected chi connectivity index (χ0v) is 14.0. The van der Waals surface area contributed by atoms with Crippen molar-refractivity contribution >= 4 is 5.97 Å². The lowest BCUT2D eigenvalue weighted by molar-refractivity contribution is -0.143. The zero-order chi connectivity index (χ0) is 15.6. The molecule has 0 aromatic rings. The molecule has 0 N–H and O–H groups in total. The van der Waals surface area contributed by atoms with Crippen LogP contribution in [0.15, 0.2) is 0 Å². The highest BCUT2D eigenvalue weighted by Gasteiger charge is 1.97. The molecule has 0 aromatic carbocycles. The normalized spacial score (nSPS) is 17.6. The maximum Gasteiger partial charge on any atom is 0.305 e. The highest BCUT2D eigenvalue weighted by molar-refractivity contribution is 5.69. The molecule has 0 aromatic heterocycles. The summed E-state index contributed by atoms with van der Waals surface area (Å²) in [5.41, 5.74) is 0. The molecular formula is C17H34O4. The van der Waals surface area contributed by atoms with Gasteiger partial charge in [0.1, 0.15) is 0 Å². The molecule has 2 fully saturated rings. The minimum Gasteiger partial charge on any atom is -0.466 e. The van der Waals surface area contributed by atoms with E-state index in [0.29, 0.717) is 13.0 Å². The molecule has 2 rings (SSSR count). The summed E-state index contributed by atoms with van der Waals surface area (Å²) in [6.07, 6.45) is 10.4. The minimum atomic E-state index is -0.0700. The van der Waals surface area contributed by atoms with Crippen LogP contribution in [0.4, 0.5) is 0 Å². The van der Waals surface area contributed by atoms with Crippen molar-refractivity contribution in [2.24, 2.45) is 0 Å². The third-order valence-corrected chi connectivity index (χ3v) is 3.19. The molecule has 0 spiro atoms. The molecule has 2 aliphatic rings. The first kappa shape index (κ1) is 20.4. The van der Waals surface area contributed by atoms with Crippen molar-refractivity contribution in [1.82, 2.24) is 0 Å². The van der Waals surface area contributed by atoms with Gasteiger partial charge in [-0.25, -0.2) is 0 Å². The lowest BCUT2D eigenvalue weighted by atomic mass is 10.2. The standard InChI is InChI=1S/C7H14O2.2C5H10O/c1-3-5-6-7(8)9-4-2;2*1-2-4-6-5-3-1/h3-6H2,1-2H3;2*1-5H2. The summed E-state index contributed by atoms with van der Waals surface area (Å²) in [4.78, 5) is 10.6. The Morgan fingerprint density at radius 1 is 0.857 bits per heavy atom. The van der Waals surface area contributed by atoms with Crippen LogP contribution in [-0.4, -0.2) is 39.0 Å². The SMILES string of the molecule is C1CCOCC1.C1CCOCC1.CCCCC(=O)OCC. The van der Waals surface area contributed by atoms with E-state index in [1.54, 1.807) is 0 Å². The van der Waals surface area contributed by atoms with Crippen LogP contribution in [0, 0.1) is 0 Å². The number of rotatable bonds is 4. The van der Waals surface area contributed by atoms with Crippen LogP contribution in [-0.2, 0) is 19.0 Å². The van der Waals surface area contributed by atoms with E-state index in [0.717, 1.165) is 39.3 Å². The summed E-state index contributed by atoms with van der Waals surface area (Å²) in [6.45, 7) is 8.38. The Balaban J connectivity index is 0.000000293. The van der Waals surface area contributed by atoms with E-state index in [1.807, 2.05) is 6.92 Å². The Bertz CT molecular complexity index is 176. The van der Waals surface area contributed by atoms with Crippen molar-refractivity contribution in [3.8, 4) is 0 Å². The van der Waals surface area contributed by atoms with E-state index >= 15 is 0 Å². The van der Waals surface area contributed by atoms with Gasteiger partial charge in [0.2, 0.25) is 0 Å². The molecule has 0 unspecified atom stereocenters. The predicted molar refractivity (Wildman–Crippen MR) is 85.5 cm³/mol. The molecule has 2 aliphatic heterocycles. The van der Waals surface area contributed by atoms with Crippen LogP contribution < -0.4 is 0 Å². The first-order chi connectivity index (χ1) is 10.3. The van der Waals surface area contributed by atoms with Crippen molar-refractivity contribution in [1.29, 1.82) is 0 Å². The molecule has 0 saturated carbocycles. The summed E-state index contributed by atoms with van der Waals surface area (Å²) >= 11 is 0. The smallest absolute Gasteiger partial charge is 0.305 e. The number of hydrogen-bond donors (Lipinski definition) is 0. The van der Waals surface area contributed by atoms with Gasteiger partial charge in [0, 0.05) is 32.8 Å². The molecule has 2 heterocycles. The molecule has 21 heavy (non-hydrogen) atoms. The number of carbonyl (C=O) groups excluding carboxylic acids is 1. The second-order valence-corrected chi connectivity index (χ2v) is 5.25. The summed E-state index contributed by atoms with van der Waals surface area (Å²) < 4.78 is 14.8. The van der Waals surface area contributed by atoms with Crippen molar-refractivity contribution in [3.63, 3.8) is 0 Å². The maximum atomic E-state index is 10.6. The third-order valence-electron chi connectivity index (χ3n) is 3.19. The number of unbranched alkanes of at least 4 members (excludes halogenated alkanes) is 1. The van der Waals surface area contributed by atoms with Crippen molar-refractivity contribution < 1.29 is 19.0 Å². The summed E-state index contributed by atoms with van der Waals surface area (Å²) in [7, 11) is 0. The lowest BCUT2D eigenvalue weighted by Crippen LogP contribution is -2.03. The highest BCUT2D eigenvalue weighted by Crippen LogP contribution is 2.02. The van der Waals surface area contributed by atoms with E-state index in [9.17, 15) is 4.79 Å². The van der Waals surface area contributed by atoms with Gasteiger partial charge in [0.25, 0.3) is 0 Å². The van der Waals surface area contributed by atoms with Crippen LogP contribution in [0.3, 0.4) is 0 Å². The summed E-state index contributed by atoms with van der Waals surface area (Å²) in [5, 5.41) is 0. The van der Waals surface area contributed by atoms with E-state index in [4.69, 9.17) is 14.2 Å². The third kappa shape index (κ3) is 17.3. The number of hydrogen-bond acceptors (Lipinski definition) is 4. The van der Waals surface area contributed by atoms with Crippen molar-refractivity contribution in [2.75, 3.05) is 33.0 Å². The van der Waals surface area contributed by atoms with Crippen LogP contribution in [0.1, 0.15) is 71.6 Å². The topological polar surface area (TPSA) is 44.8 Å². The molecule has 4 heteroatoms. The van der Waals surface area contributed by atoms with E-state index in [1.165, 1.54) is 38.5 Å². The second-order valence-electron chi connectivity index (χ2n) is 5.25. The van der Waals surface area contributed by atoms with Crippen LogP contribution in [0.2, 0.25) is 0 Å². The van der Waals surface area contributed by atoms with Gasteiger partial charge in [0.05, 0.1) is 6.61 Å². The Morgan fingerprint density at radius 3 is 1.57 bits per heavy atom. The van der Waals surface area contributed by atoms with Gasteiger partial charge in [-0.05, 0) is 51.9 Å². The molecule has 0 radical (unpaired) electrons. The van der Waals surface area contributed by atoms with Gasteiger partial charge >= 0.3 is 5.97 Å². The van der Waals surface area contributed by atoms with E-state index in [-0.39, 0.29) is 5.97 Å². The van der Waals surface area contributed by atoms with Gasteiger partial charge in [-0.3, -0.25) is 4.79 Å². The fourth-order valence-electron chi connectivity index (χ4n) is 1.93. The van der Waals surface area contributed by atoms with Gasteiger partial charge in [-0.1, -0.05) is 13.3 Å². The van der Waals surface area contributed by atoms with E-state index < -0.39 is 0 Å². The average Bonchev–Trinajstić information content (AvgIpc) is 2.58. The minimum absolute atomic E-state index is 0.0700. The Kier molecular flexibility index (Phi) is 16.9. The fourth-order valence-corrected chi connectivity index (χ4v) is 1.93. The Labute approximate surface area is 130 Å². The average molecular weight is 302 g/mol. The van der Waals surface area contributed by atoms with Crippen LogP contribution >= 0.6 is 0 Å². The molecule has 2 saturated heterocycles. The van der Waals surface area contributed by atoms with E-state index in [2.05, 4.69) is 6.92 Å². The molecule has 4 nitrogen and oxygen atoms in total. The maximum absolute atomic E-state index is 10.6. The van der Waals surface area contributed by atoms with Gasteiger partial charge in [0.15, 0.2) is 0 Å². The molecule has 126 valence electrons.